The van der Waals surface area contributed by atoms with Gasteiger partial charge in [0.25, 0.3) is 0 Å². The zero-order valence-corrected chi connectivity index (χ0v) is 11.5. The van der Waals surface area contributed by atoms with E-state index in [9.17, 15) is 5.11 Å². The van der Waals surface area contributed by atoms with Crippen LogP contribution in [0.4, 0.5) is 0 Å². The van der Waals surface area contributed by atoms with Gasteiger partial charge >= 0.3 is 0 Å². The van der Waals surface area contributed by atoms with E-state index in [1.165, 1.54) is 12.8 Å². The standard InChI is InChI=1S/C16H23NO2/c1-19-15-9-7-14(8-10-15)16(18)12-17-11-13-5-3-2-4-6-13/h2-3,7-10,13,16-18H,4-6,11-12H2,1H3. The van der Waals surface area contributed by atoms with E-state index >= 15 is 0 Å². The van der Waals surface area contributed by atoms with Crippen LogP contribution in [0.3, 0.4) is 0 Å². The first-order valence-electron chi connectivity index (χ1n) is 6.97. The first-order chi connectivity index (χ1) is 9.29. The molecule has 3 heteroatoms. The van der Waals surface area contributed by atoms with Gasteiger partial charge < -0.3 is 15.2 Å². The van der Waals surface area contributed by atoms with Gasteiger partial charge in [0.1, 0.15) is 5.75 Å². The number of nitrogens with one attached hydrogen (secondary N) is 1. The summed E-state index contributed by atoms with van der Waals surface area (Å²) in [4.78, 5) is 0. The molecule has 2 unspecified atom stereocenters. The molecule has 0 saturated carbocycles. The molecule has 1 aliphatic rings. The van der Waals surface area contributed by atoms with Gasteiger partial charge in [-0.05, 0) is 49.4 Å². The van der Waals surface area contributed by atoms with Crippen LogP contribution in [0.5, 0.6) is 5.75 Å². The van der Waals surface area contributed by atoms with Crippen LogP contribution in [0.1, 0.15) is 30.9 Å². The number of aliphatic hydroxyl groups excluding tert-OH is 1. The number of rotatable bonds is 6. The lowest BCUT2D eigenvalue weighted by molar-refractivity contribution is 0.172. The van der Waals surface area contributed by atoms with Gasteiger partial charge in [-0.2, -0.15) is 0 Å². The van der Waals surface area contributed by atoms with Crippen LogP contribution in [0, 0.1) is 5.92 Å². The average Bonchev–Trinajstić information content (AvgIpc) is 2.48. The fraction of sp³-hybridized carbons (Fsp3) is 0.500. The monoisotopic (exact) mass is 261 g/mol. The van der Waals surface area contributed by atoms with Crippen molar-refractivity contribution in [1.29, 1.82) is 0 Å². The molecule has 0 aliphatic heterocycles. The molecule has 2 rings (SSSR count). The van der Waals surface area contributed by atoms with Crippen molar-refractivity contribution in [2.75, 3.05) is 20.2 Å². The van der Waals surface area contributed by atoms with Crippen molar-refractivity contribution in [1.82, 2.24) is 5.32 Å². The molecule has 1 aliphatic carbocycles. The van der Waals surface area contributed by atoms with Crippen molar-refractivity contribution in [3.63, 3.8) is 0 Å². The Hall–Kier alpha value is -1.32. The van der Waals surface area contributed by atoms with Gasteiger partial charge in [0.15, 0.2) is 0 Å². The average molecular weight is 261 g/mol. The van der Waals surface area contributed by atoms with Gasteiger partial charge in [-0.15, -0.1) is 0 Å². The molecule has 19 heavy (non-hydrogen) atoms. The first kappa shape index (κ1) is 14.1. The molecule has 0 aromatic heterocycles. The van der Waals surface area contributed by atoms with E-state index in [-0.39, 0.29) is 0 Å². The summed E-state index contributed by atoms with van der Waals surface area (Å²) in [5.74, 6) is 1.53. The van der Waals surface area contributed by atoms with Crippen LogP contribution in [0.15, 0.2) is 36.4 Å². The molecule has 104 valence electrons. The highest BCUT2D eigenvalue weighted by Gasteiger charge is 2.11. The molecule has 0 spiro atoms. The zero-order valence-electron chi connectivity index (χ0n) is 11.5. The molecule has 0 saturated heterocycles. The number of allylic oxidation sites excluding steroid dienone is 2. The number of hydrogen-bond acceptors (Lipinski definition) is 3. The van der Waals surface area contributed by atoms with Gasteiger partial charge in [0.2, 0.25) is 0 Å². The fourth-order valence-corrected chi connectivity index (χ4v) is 2.41. The summed E-state index contributed by atoms with van der Waals surface area (Å²) in [6, 6.07) is 7.58. The summed E-state index contributed by atoms with van der Waals surface area (Å²) < 4.78 is 5.11. The molecular weight excluding hydrogens is 238 g/mol. The summed E-state index contributed by atoms with van der Waals surface area (Å²) in [5.41, 5.74) is 0.928. The van der Waals surface area contributed by atoms with Crippen molar-refractivity contribution in [2.24, 2.45) is 5.92 Å². The van der Waals surface area contributed by atoms with E-state index in [4.69, 9.17) is 4.74 Å². The van der Waals surface area contributed by atoms with Crippen LogP contribution in [0.25, 0.3) is 0 Å². The van der Waals surface area contributed by atoms with Gasteiger partial charge in [-0.25, -0.2) is 0 Å². The zero-order chi connectivity index (χ0) is 13.5. The molecule has 1 aromatic carbocycles. The third-order valence-corrected chi connectivity index (χ3v) is 3.65. The van der Waals surface area contributed by atoms with E-state index in [1.807, 2.05) is 24.3 Å². The summed E-state index contributed by atoms with van der Waals surface area (Å²) in [5, 5.41) is 13.5. The van der Waals surface area contributed by atoms with Crippen LogP contribution < -0.4 is 10.1 Å². The normalized spacial score (nSPS) is 20.2. The van der Waals surface area contributed by atoms with E-state index in [0.717, 1.165) is 24.3 Å². The van der Waals surface area contributed by atoms with E-state index in [1.54, 1.807) is 7.11 Å². The second-order valence-corrected chi connectivity index (χ2v) is 5.10. The van der Waals surface area contributed by atoms with Gasteiger partial charge in [0.05, 0.1) is 13.2 Å². The van der Waals surface area contributed by atoms with Gasteiger partial charge in [-0.3, -0.25) is 0 Å². The topological polar surface area (TPSA) is 41.5 Å². The van der Waals surface area contributed by atoms with Crippen molar-refractivity contribution < 1.29 is 9.84 Å². The van der Waals surface area contributed by atoms with E-state index < -0.39 is 6.10 Å². The summed E-state index contributed by atoms with van der Waals surface area (Å²) in [6.45, 7) is 1.59. The Morgan fingerprint density at radius 2 is 2.11 bits per heavy atom. The molecule has 0 fully saturated rings. The molecule has 2 N–H and O–H groups in total. The Morgan fingerprint density at radius 1 is 1.32 bits per heavy atom. The third-order valence-electron chi connectivity index (χ3n) is 3.65. The maximum absolute atomic E-state index is 10.1. The van der Waals surface area contributed by atoms with E-state index in [0.29, 0.717) is 12.5 Å². The summed E-state index contributed by atoms with van der Waals surface area (Å²) in [6.07, 6.45) is 7.66. The SMILES string of the molecule is COc1ccc(C(O)CNCC2CC=CCC2)cc1. The lowest BCUT2D eigenvalue weighted by Gasteiger charge is -2.19. The van der Waals surface area contributed by atoms with Crippen LogP contribution in [0.2, 0.25) is 0 Å². The maximum atomic E-state index is 10.1. The predicted molar refractivity (Wildman–Crippen MR) is 77.3 cm³/mol. The van der Waals surface area contributed by atoms with Crippen molar-refractivity contribution in [2.45, 2.75) is 25.4 Å². The number of aliphatic hydroxyl groups is 1. The van der Waals surface area contributed by atoms with Crippen LogP contribution in [-0.4, -0.2) is 25.3 Å². The van der Waals surface area contributed by atoms with Crippen molar-refractivity contribution >= 4 is 0 Å². The highest BCUT2D eigenvalue weighted by Crippen LogP contribution is 2.19. The number of methoxy groups -OCH3 is 1. The molecule has 2 atom stereocenters. The molecule has 1 aromatic rings. The second kappa shape index (κ2) is 7.31. The highest BCUT2D eigenvalue weighted by atomic mass is 16.5. The Bertz CT molecular complexity index is 400. The minimum atomic E-state index is -0.454. The quantitative estimate of drug-likeness (QED) is 0.774. The largest absolute Gasteiger partial charge is 0.497 e. The molecule has 0 bridgehead atoms. The minimum absolute atomic E-state index is 0.454. The van der Waals surface area contributed by atoms with Crippen LogP contribution >= 0.6 is 0 Å². The first-order valence-corrected chi connectivity index (χ1v) is 6.97. The molecule has 3 nitrogen and oxygen atoms in total. The molecule has 0 heterocycles. The van der Waals surface area contributed by atoms with Gasteiger partial charge in [0, 0.05) is 6.54 Å². The summed E-state index contributed by atoms with van der Waals surface area (Å²) in [7, 11) is 1.64. The highest BCUT2D eigenvalue weighted by molar-refractivity contribution is 5.28. The van der Waals surface area contributed by atoms with Crippen LogP contribution in [-0.2, 0) is 0 Å². The number of benzene rings is 1. The predicted octanol–water partition coefficient (Wildman–Crippen LogP) is 2.67. The minimum Gasteiger partial charge on any atom is -0.497 e. The molecular formula is C16H23NO2. The van der Waals surface area contributed by atoms with Crippen molar-refractivity contribution in [3.05, 3.63) is 42.0 Å². The smallest absolute Gasteiger partial charge is 0.118 e. The Labute approximate surface area is 115 Å². The fourth-order valence-electron chi connectivity index (χ4n) is 2.41. The number of ether oxygens (including phenoxy) is 1. The molecule has 0 radical (unpaired) electrons. The third kappa shape index (κ3) is 4.37. The summed E-state index contributed by atoms with van der Waals surface area (Å²) >= 11 is 0. The molecule has 0 amide bonds. The lowest BCUT2D eigenvalue weighted by Crippen LogP contribution is -2.27. The Balaban J connectivity index is 1.73. The second-order valence-electron chi connectivity index (χ2n) is 5.10. The lowest BCUT2D eigenvalue weighted by atomic mass is 9.94. The van der Waals surface area contributed by atoms with Gasteiger partial charge in [-0.1, -0.05) is 24.3 Å². The number of hydrogen-bond donors (Lipinski definition) is 2. The Morgan fingerprint density at radius 3 is 2.74 bits per heavy atom. The van der Waals surface area contributed by atoms with Crippen molar-refractivity contribution in [3.8, 4) is 5.75 Å². The maximum Gasteiger partial charge on any atom is 0.118 e. The van der Waals surface area contributed by atoms with E-state index in [2.05, 4.69) is 17.5 Å². The Kier molecular flexibility index (Phi) is 5.43.